The highest BCUT2D eigenvalue weighted by Crippen LogP contribution is 2.33. The van der Waals surface area contributed by atoms with Crippen LogP contribution in [0.25, 0.3) is 0 Å². The first-order valence-electron chi connectivity index (χ1n) is 9.99. The van der Waals surface area contributed by atoms with Gasteiger partial charge in [-0.15, -0.1) is 0 Å². The lowest BCUT2D eigenvalue weighted by Gasteiger charge is -2.22. The molecule has 10 heteroatoms. The molecule has 0 aliphatic carbocycles. The summed E-state index contributed by atoms with van der Waals surface area (Å²) in [5, 5.41) is 5.87. The Morgan fingerprint density at radius 1 is 1.09 bits per heavy atom. The van der Waals surface area contributed by atoms with Gasteiger partial charge in [0.05, 0.1) is 10.0 Å². The largest absolute Gasteiger partial charge is 0.325 e. The molecule has 32 heavy (non-hydrogen) atoms. The van der Waals surface area contributed by atoms with Crippen LogP contribution in [0.3, 0.4) is 0 Å². The zero-order chi connectivity index (χ0) is 23.0. The van der Waals surface area contributed by atoms with Gasteiger partial charge >= 0.3 is 6.03 Å². The van der Waals surface area contributed by atoms with Gasteiger partial charge in [-0.25, -0.2) is 4.79 Å². The normalized spacial score (nSPS) is 20.7. The van der Waals surface area contributed by atoms with E-state index in [4.69, 9.17) is 23.2 Å². The van der Waals surface area contributed by atoms with E-state index in [9.17, 15) is 19.2 Å². The van der Waals surface area contributed by atoms with Gasteiger partial charge in [-0.3, -0.25) is 19.3 Å². The fourth-order valence-corrected chi connectivity index (χ4v) is 4.13. The first-order chi connectivity index (χ1) is 15.2. The molecule has 0 aromatic heterocycles. The molecule has 166 valence electrons. The van der Waals surface area contributed by atoms with Crippen LogP contribution >= 0.6 is 23.2 Å². The van der Waals surface area contributed by atoms with E-state index in [0.717, 1.165) is 17.0 Å². The predicted octanol–water partition coefficient (Wildman–Crippen LogP) is 3.53. The SMILES string of the molecule is C[C@@]1(c2ccc(Cl)c(Cl)c2)NC(=O)N(CC(=O)Nc2ccc(N3CCCC3=O)cc2)C1=O. The van der Waals surface area contributed by atoms with Crippen LogP contribution in [0.2, 0.25) is 10.0 Å². The highest BCUT2D eigenvalue weighted by molar-refractivity contribution is 6.42. The molecule has 1 atom stereocenters. The fraction of sp³-hybridized carbons (Fsp3) is 0.273. The third kappa shape index (κ3) is 4.03. The Hall–Kier alpha value is -3.10. The van der Waals surface area contributed by atoms with Gasteiger partial charge in [0.25, 0.3) is 5.91 Å². The van der Waals surface area contributed by atoms with E-state index < -0.39 is 29.9 Å². The number of imide groups is 1. The first kappa shape index (κ1) is 22.1. The van der Waals surface area contributed by atoms with Crippen molar-refractivity contribution in [3.63, 3.8) is 0 Å². The van der Waals surface area contributed by atoms with Gasteiger partial charge in [-0.2, -0.15) is 0 Å². The molecule has 4 rings (SSSR count). The van der Waals surface area contributed by atoms with Crippen molar-refractivity contribution in [2.75, 3.05) is 23.3 Å². The maximum absolute atomic E-state index is 13.0. The van der Waals surface area contributed by atoms with Gasteiger partial charge in [-0.1, -0.05) is 29.3 Å². The molecule has 2 heterocycles. The number of benzene rings is 2. The molecule has 8 nitrogen and oxygen atoms in total. The molecular weight excluding hydrogens is 455 g/mol. The van der Waals surface area contributed by atoms with E-state index in [-0.39, 0.29) is 10.9 Å². The molecule has 0 bridgehead atoms. The summed E-state index contributed by atoms with van der Waals surface area (Å²) in [7, 11) is 0. The van der Waals surface area contributed by atoms with Gasteiger partial charge in [0.15, 0.2) is 0 Å². The van der Waals surface area contributed by atoms with E-state index >= 15 is 0 Å². The number of amides is 5. The summed E-state index contributed by atoms with van der Waals surface area (Å²) < 4.78 is 0. The Morgan fingerprint density at radius 2 is 1.81 bits per heavy atom. The van der Waals surface area contributed by atoms with Gasteiger partial charge in [0, 0.05) is 24.3 Å². The maximum Gasteiger partial charge on any atom is 0.325 e. The zero-order valence-corrected chi connectivity index (χ0v) is 18.7. The zero-order valence-electron chi connectivity index (χ0n) is 17.2. The van der Waals surface area contributed by atoms with Crippen LogP contribution in [0.5, 0.6) is 0 Å². The van der Waals surface area contributed by atoms with E-state index in [0.29, 0.717) is 29.2 Å². The molecule has 2 aromatic carbocycles. The number of nitrogens with one attached hydrogen (secondary N) is 2. The van der Waals surface area contributed by atoms with Crippen molar-refractivity contribution >= 4 is 58.3 Å². The number of anilines is 2. The van der Waals surface area contributed by atoms with Crippen molar-refractivity contribution in [3.05, 3.63) is 58.1 Å². The highest BCUT2D eigenvalue weighted by atomic mass is 35.5. The van der Waals surface area contributed by atoms with E-state index in [2.05, 4.69) is 10.6 Å². The van der Waals surface area contributed by atoms with Crippen molar-refractivity contribution in [2.45, 2.75) is 25.3 Å². The number of carbonyl (C=O) groups excluding carboxylic acids is 4. The van der Waals surface area contributed by atoms with E-state index in [1.165, 1.54) is 6.07 Å². The minimum absolute atomic E-state index is 0.0744. The van der Waals surface area contributed by atoms with Gasteiger partial charge in [-0.05, 0) is 55.3 Å². The molecule has 0 radical (unpaired) electrons. The topological polar surface area (TPSA) is 98.8 Å². The lowest BCUT2D eigenvalue weighted by molar-refractivity contribution is -0.133. The number of rotatable bonds is 5. The lowest BCUT2D eigenvalue weighted by Crippen LogP contribution is -2.42. The number of urea groups is 1. The molecule has 2 saturated heterocycles. The van der Waals surface area contributed by atoms with Crippen LogP contribution < -0.4 is 15.5 Å². The average Bonchev–Trinajstić information content (AvgIpc) is 3.27. The van der Waals surface area contributed by atoms with Crippen molar-refractivity contribution in [3.8, 4) is 0 Å². The second kappa shape index (κ2) is 8.44. The minimum Gasteiger partial charge on any atom is -0.325 e. The van der Waals surface area contributed by atoms with Crippen molar-refractivity contribution in [1.29, 1.82) is 0 Å². The standard InChI is InChI=1S/C22H20Cl2N4O4/c1-22(13-4-9-16(23)17(24)11-13)20(31)28(21(32)26-22)12-18(29)25-14-5-7-15(8-6-14)27-10-2-3-19(27)30/h4-9,11H,2-3,10,12H2,1H3,(H,25,29)(H,26,32)/t22-/m0/s1. The summed E-state index contributed by atoms with van der Waals surface area (Å²) in [6.45, 7) is 1.77. The summed E-state index contributed by atoms with van der Waals surface area (Å²) in [5.74, 6) is -1.03. The Bertz CT molecular complexity index is 1120. The Labute approximate surface area is 194 Å². The fourth-order valence-electron chi connectivity index (χ4n) is 3.83. The number of nitrogens with zero attached hydrogens (tertiary/aromatic N) is 2. The van der Waals surface area contributed by atoms with Crippen molar-refractivity contribution in [1.82, 2.24) is 10.2 Å². The highest BCUT2D eigenvalue weighted by Gasteiger charge is 2.49. The molecule has 2 aliphatic heterocycles. The monoisotopic (exact) mass is 474 g/mol. The molecule has 2 fully saturated rings. The van der Waals surface area contributed by atoms with Crippen molar-refractivity contribution < 1.29 is 19.2 Å². The molecular formula is C22H20Cl2N4O4. The number of hydrogen-bond donors (Lipinski definition) is 2. The van der Waals surface area contributed by atoms with Gasteiger partial charge < -0.3 is 15.5 Å². The Kier molecular flexibility index (Phi) is 5.83. The van der Waals surface area contributed by atoms with Crippen LogP contribution in [0.4, 0.5) is 16.2 Å². The molecule has 2 N–H and O–H groups in total. The van der Waals surface area contributed by atoms with Crippen LogP contribution in [-0.2, 0) is 19.9 Å². The average molecular weight is 475 g/mol. The van der Waals surface area contributed by atoms with Crippen LogP contribution in [0.1, 0.15) is 25.3 Å². The maximum atomic E-state index is 13.0. The smallest absolute Gasteiger partial charge is 0.325 e. The summed E-state index contributed by atoms with van der Waals surface area (Å²) >= 11 is 12.0. The van der Waals surface area contributed by atoms with Gasteiger partial charge in [0.1, 0.15) is 12.1 Å². The molecule has 2 aromatic rings. The summed E-state index contributed by atoms with van der Waals surface area (Å²) in [6.07, 6.45) is 1.36. The number of halogens is 2. The van der Waals surface area contributed by atoms with E-state index in [1.54, 1.807) is 48.2 Å². The third-order valence-electron chi connectivity index (χ3n) is 5.61. The number of hydrogen-bond acceptors (Lipinski definition) is 4. The van der Waals surface area contributed by atoms with Crippen LogP contribution in [0, 0.1) is 0 Å². The summed E-state index contributed by atoms with van der Waals surface area (Å²) in [4.78, 5) is 52.4. The second-order valence-corrected chi connectivity index (χ2v) is 8.63. The van der Waals surface area contributed by atoms with Crippen LogP contribution in [-0.4, -0.2) is 41.7 Å². The van der Waals surface area contributed by atoms with Crippen molar-refractivity contribution in [2.24, 2.45) is 0 Å². The first-order valence-corrected chi connectivity index (χ1v) is 10.7. The second-order valence-electron chi connectivity index (χ2n) is 7.82. The Balaban J connectivity index is 1.43. The summed E-state index contributed by atoms with van der Waals surface area (Å²) in [5.41, 5.74) is 0.345. The minimum atomic E-state index is -1.37. The number of carbonyl (C=O) groups is 4. The molecule has 0 saturated carbocycles. The molecule has 0 unspecified atom stereocenters. The molecule has 0 spiro atoms. The van der Waals surface area contributed by atoms with E-state index in [1.807, 2.05) is 0 Å². The summed E-state index contributed by atoms with van der Waals surface area (Å²) in [6, 6.07) is 10.8. The molecule has 2 aliphatic rings. The predicted molar refractivity (Wildman–Crippen MR) is 121 cm³/mol. The van der Waals surface area contributed by atoms with Gasteiger partial charge in [0.2, 0.25) is 11.8 Å². The Morgan fingerprint density at radius 3 is 2.44 bits per heavy atom. The quantitative estimate of drug-likeness (QED) is 0.647. The van der Waals surface area contributed by atoms with Crippen LogP contribution in [0.15, 0.2) is 42.5 Å². The third-order valence-corrected chi connectivity index (χ3v) is 6.35. The molecule has 5 amide bonds. The lowest BCUT2D eigenvalue weighted by atomic mass is 9.92.